The van der Waals surface area contributed by atoms with Gasteiger partial charge in [0.2, 0.25) is 0 Å². The summed E-state index contributed by atoms with van der Waals surface area (Å²) < 4.78 is 39.4. The summed E-state index contributed by atoms with van der Waals surface area (Å²) in [7, 11) is 2.97. The second-order valence-electron chi connectivity index (χ2n) is 9.71. The Balaban J connectivity index is 1.71. The van der Waals surface area contributed by atoms with Crippen molar-refractivity contribution in [1.29, 1.82) is 0 Å². The number of methoxy groups -OCH3 is 2. The Labute approximate surface area is 231 Å². The van der Waals surface area contributed by atoms with Gasteiger partial charge >= 0.3 is 0 Å². The Kier molecular flexibility index (Phi) is 8.61. The lowest BCUT2D eigenvalue weighted by Gasteiger charge is -2.36. The van der Waals surface area contributed by atoms with Crippen molar-refractivity contribution in [2.45, 2.75) is 39.0 Å². The first-order valence-electron chi connectivity index (χ1n) is 13.2. The number of benzene rings is 1. The summed E-state index contributed by atoms with van der Waals surface area (Å²) in [6.45, 7) is 3.58. The van der Waals surface area contributed by atoms with E-state index in [9.17, 15) is 23.5 Å². The number of halogens is 2. The van der Waals surface area contributed by atoms with Crippen molar-refractivity contribution in [1.82, 2.24) is 14.9 Å². The maximum Gasteiger partial charge on any atom is 0.274 e. The van der Waals surface area contributed by atoms with Crippen molar-refractivity contribution in [3.63, 3.8) is 0 Å². The van der Waals surface area contributed by atoms with Crippen molar-refractivity contribution in [3.05, 3.63) is 63.7 Å². The van der Waals surface area contributed by atoms with Crippen LogP contribution in [-0.2, 0) is 12.3 Å². The first-order chi connectivity index (χ1) is 19.1. The number of hydrogen-bond donors (Lipinski definition) is 2. The molecule has 4 rings (SSSR count). The fraction of sp³-hybridized carbons (Fsp3) is 0.414. The summed E-state index contributed by atoms with van der Waals surface area (Å²) >= 11 is 0. The molecule has 40 heavy (non-hydrogen) atoms. The Morgan fingerprint density at radius 3 is 2.30 bits per heavy atom. The van der Waals surface area contributed by atoms with Gasteiger partial charge in [-0.05, 0) is 37.1 Å². The minimum absolute atomic E-state index is 0.147. The van der Waals surface area contributed by atoms with Gasteiger partial charge < -0.3 is 29.4 Å². The highest BCUT2D eigenvalue weighted by Crippen LogP contribution is 2.45. The largest absolute Gasteiger partial charge is 0.506 e. The van der Waals surface area contributed by atoms with Crippen LogP contribution >= 0.6 is 0 Å². The minimum atomic E-state index is -3.08. The van der Waals surface area contributed by atoms with Gasteiger partial charge in [0.15, 0.2) is 0 Å². The summed E-state index contributed by atoms with van der Waals surface area (Å²) in [5.74, 6) is -3.21. The Morgan fingerprint density at radius 2 is 1.73 bits per heavy atom. The molecule has 1 aromatic carbocycles. The number of pyridine rings is 2. The van der Waals surface area contributed by atoms with Gasteiger partial charge in [-0.25, -0.2) is 13.8 Å². The number of alkyl halides is 2. The molecule has 11 heteroatoms. The van der Waals surface area contributed by atoms with Gasteiger partial charge in [0.25, 0.3) is 17.4 Å². The van der Waals surface area contributed by atoms with E-state index in [1.807, 2.05) is 6.92 Å². The standard InChI is InChI=1S/C29H34F2N4O5/c1-5-6-10-19-22(23-20(39-3)11-7-12-21(23)40-4)25(36)24(27(37)33-19)28(38)35-16-14-34(15-17-35)26-18(29(2,30)31)9-8-13-32-26/h7-9,11-13H,5-6,10,14-17H2,1-4H3,(H2,33,36,37). The van der Waals surface area contributed by atoms with Crippen molar-refractivity contribution in [2.24, 2.45) is 0 Å². The highest BCUT2D eigenvalue weighted by molar-refractivity contribution is 6.00. The molecule has 1 saturated heterocycles. The number of amides is 1. The average Bonchev–Trinajstić information content (AvgIpc) is 2.95. The van der Waals surface area contributed by atoms with Gasteiger partial charge in [0.1, 0.15) is 28.6 Å². The van der Waals surface area contributed by atoms with E-state index in [4.69, 9.17) is 9.47 Å². The SMILES string of the molecule is CCCCc1[nH]c(=O)c(C(=O)N2CCN(c3ncccc3C(C)(F)F)CC2)c(O)c1-c1c(OC)cccc1OC. The van der Waals surface area contributed by atoms with Crippen LogP contribution in [0.15, 0.2) is 41.3 Å². The zero-order valence-corrected chi connectivity index (χ0v) is 23.1. The van der Waals surface area contributed by atoms with Crippen LogP contribution in [0.25, 0.3) is 11.1 Å². The zero-order valence-electron chi connectivity index (χ0n) is 23.1. The predicted octanol–water partition coefficient (Wildman–Crippen LogP) is 4.58. The van der Waals surface area contributed by atoms with Gasteiger partial charge in [0.05, 0.1) is 30.9 Å². The molecular weight excluding hydrogens is 522 g/mol. The van der Waals surface area contributed by atoms with Crippen LogP contribution in [0, 0.1) is 0 Å². The van der Waals surface area contributed by atoms with Crippen molar-refractivity contribution in [3.8, 4) is 28.4 Å². The molecule has 9 nitrogen and oxygen atoms in total. The molecular formula is C29H34F2N4O5. The molecule has 1 amide bonds. The number of nitrogens with one attached hydrogen (secondary N) is 1. The van der Waals surface area contributed by atoms with Crippen molar-refractivity contribution < 1.29 is 28.2 Å². The van der Waals surface area contributed by atoms with E-state index in [1.165, 1.54) is 37.4 Å². The van der Waals surface area contributed by atoms with Crippen LogP contribution < -0.4 is 19.9 Å². The number of ether oxygens (including phenoxy) is 2. The Morgan fingerprint density at radius 1 is 1.07 bits per heavy atom. The molecule has 214 valence electrons. The number of H-pyrrole nitrogens is 1. The van der Waals surface area contributed by atoms with Gasteiger partial charge in [-0.15, -0.1) is 0 Å². The second-order valence-corrected chi connectivity index (χ2v) is 9.71. The molecule has 1 aliphatic rings. The second kappa shape index (κ2) is 11.9. The van der Waals surface area contributed by atoms with Crippen molar-refractivity contribution >= 4 is 11.7 Å². The third-order valence-corrected chi connectivity index (χ3v) is 7.06. The van der Waals surface area contributed by atoms with Crippen LogP contribution in [0.5, 0.6) is 17.2 Å². The average molecular weight is 557 g/mol. The number of rotatable bonds is 9. The maximum atomic E-state index is 14.2. The molecule has 3 aromatic rings. The minimum Gasteiger partial charge on any atom is -0.506 e. The monoisotopic (exact) mass is 556 g/mol. The number of aromatic hydroxyl groups is 1. The summed E-state index contributed by atoms with van der Waals surface area (Å²) in [5.41, 5.74) is -0.123. The molecule has 0 bridgehead atoms. The number of aromatic nitrogens is 2. The first kappa shape index (κ1) is 28.8. The molecule has 1 aliphatic heterocycles. The van der Waals surface area contributed by atoms with Gasteiger partial charge in [-0.1, -0.05) is 19.4 Å². The molecule has 1 fully saturated rings. The normalized spacial score (nSPS) is 13.8. The zero-order chi connectivity index (χ0) is 29.0. The summed E-state index contributed by atoms with van der Waals surface area (Å²) in [5, 5.41) is 11.5. The van der Waals surface area contributed by atoms with Crippen LogP contribution in [0.4, 0.5) is 14.6 Å². The lowest BCUT2D eigenvalue weighted by molar-refractivity contribution is 0.0175. The summed E-state index contributed by atoms with van der Waals surface area (Å²) in [6.07, 6.45) is 3.49. The number of carbonyl (C=O) groups excluding carboxylic acids is 1. The van der Waals surface area contributed by atoms with Gasteiger partial charge in [0, 0.05) is 45.0 Å². The van der Waals surface area contributed by atoms with Crippen LogP contribution in [0.2, 0.25) is 0 Å². The highest BCUT2D eigenvalue weighted by atomic mass is 19.3. The predicted molar refractivity (Wildman–Crippen MR) is 148 cm³/mol. The number of piperazine rings is 1. The van der Waals surface area contributed by atoms with E-state index in [-0.39, 0.29) is 43.1 Å². The Hall–Kier alpha value is -4.15. The third kappa shape index (κ3) is 5.59. The van der Waals surface area contributed by atoms with Crippen LogP contribution in [0.1, 0.15) is 48.3 Å². The molecule has 0 saturated carbocycles. The number of aryl methyl sites for hydroxylation is 1. The molecule has 0 atom stereocenters. The number of nitrogens with zero attached hydrogens (tertiary/aromatic N) is 3. The fourth-order valence-electron chi connectivity index (χ4n) is 5.01. The number of unbranched alkanes of at least 4 members (excludes halogenated alkanes) is 1. The van der Waals surface area contributed by atoms with Crippen LogP contribution in [-0.4, -0.2) is 66.3 Å². The quantitative estimate of drug-likeness (QED) is 0.397. The smallest absolute Gasteiger partial charge is 0.274 e. The van der Waals surface area contributed by atoms with E-state index in [1.54, 1.807) is 23.1 Å². The number of hydrogen-bond acceptors (Lipinski definition) is 7. The molecule has 3 heterocycles. The van der Waals surface area contributed by atoms with Gasteiger partial charge in [-0.3, -0.25) is 9.59 Å². The van der Waals surface area contributed by atoms with E-state index < -0.39 is 28.7 Å². The molecule has 0 spiro atoms. The Bertz CT molecular complexity index is 1410. The van der Waals surface area contributed by atoms with E-state index in [2.05, 4.69) is 9.97 Å². The number of carbonyl (C=O) groups is 1. The summed E-state index contributed by atoms with van der Waals surface area (Å²) in [6, 6.07) is 7.95. The molecule has 2 N–H and O–H groups in total. The van der Waals surface area contributed by atoms with E-state index >= 15 is 0 Å². The fourth-order valence-corrected chi connectivity index (χ4v) is 5.01. The lowest BCUT2D eigenvalue weighted by atomic mass is 9.95. The van der Waals surface area contributed by atoms with Crippen LogP contribution in [0.3, 0.4) is 0 Å². The highest BCUT2D eigenvalue weighted by Gasteiger charge is 2.34. The number of aromatic amines is 1. The van der Waals surface area contributed by atoms with Gasteiger partial charge in [-0.2, -0.15) is 0 Å². The lowest BCUT2D eigenvalue weighted by Crippen LogP contribution is -2.50. The third-order valence-electron chi connectivity index (χ3n) is 7.06. The number of anilines is 1. The topological polar surface area (TPSA) is 108 Å². The van der Waals surface area contributed by atoms with Crippen molar-refractivity contribution in [2.75, 3.05) is 45.3 Å². The first-order valence-corrected chi connectivity index (χ1v) is 13.2. The summed E-state index contributed by atoms with van der Waals surface area (Å²) in [4.78, 5) is 37.0. The van der Waals surface area contributed by atoms with E-state index in [0.717, 1.165) is 19.8 Å². The molecule has 0 aliphatic carbocycles. The maximum absolute atomic E-state index is 14.2. The van der Waals surface area contributed by atoms with E-state index in [0.29, 0.717) is 29.2 Å². The molecule has 2 aromatic heterocycles. The molecule has 0 unspecified atom stereocenters. The molecule has 0 radical (unpaired) electrons.